The van der Waals surface area contributed by atoms with Crippen LogP contribution in [-0.2, 0) is 14.3 Å². The van der Waals surface area contributed by atoms with Gasteiger partial charge in [-0.3, -0.25) is 9.59 Å². The number of hydrogen-bond donors (Lipinski definition) is 2. The van der Waals surface area contributed by atoms with Gasteiger partial charge in [0.2, 0.25) is 0 Å². The maximum Gasteiger partial charge on any atom is 0.330 e. The molecule has 0 heterocycles. The lowest BCUT2D eigenvalue weighted by molar-refractivity contribution is -0.137. The molecular formula is C30H30N2O6S. The molecule has 2 amide bonds. The smallest absolute Gasteiger partial charge is 0.330 e. The Hall–Kier alpha value is -4.50. The molecule has 2 N–H and O–H groups in total. The number of carbonyl (C=O) groups excluding carboxylic acids is 3. The average Bonchev–Trinajstić information content (AvgIpc) is 2.96. The minimum Gasteiger partial charge on any atom is -0.497 e. The monoisotopic (exact) mass is 546 g/mol. The van der Waals surface area contributed by atoms with E-state index >= 15 is 0 Å². The molecule has 0 radical (unpaired) electrons. The van der Waals surface area contributed by atoms with Crippen LogP contribution in [0.25, 0.3) is 6.08 Å². The number of carbonyl (C=O) groups is 3. The molecule has 0 spiro atoms. The molecule has 0 saturated heterocycles. The summed E-state index contributed by atoms with van der Waals surface area (Å²) in [5.41, 5.74) is 1.56. The summed E-state index contributed by atoms with van der Waals surface area (Å²) >= 11 is 1.49. The van der Waals surface area contributed by atoms with Crippen molar-refractivity contribution in [2.45, 2.75) is 11.8 Å². The number of ether oxygens (including phenoxy) is 3. The highest BCUT2D eigenvalue weighted by Gasteiger charge is 2.16. The maximum atomic E-state index is 13.4. The normalized spacial score (nSPS) is 11.1. The van der Waals surface area contributed by atoms with Gasteiger partial charge >= 0.3 is 5.97 Å². The molecule has 0 aliphatic heterocycles. The van der Waals surface area contributed by atoms with Crippen molar-refractivity contribution >= 4 is 41.3 Å². The lowest BCUT2D eigenvalue weighted by Crippen LogP contribution is -2.30. The molecule has 0 aliphatic rings. The van der Waals surface area contributed by atoms with Crippen LogP contribution >= 0.6 is 11.8 Å². The lowest BCUT2D eigenvalue weighted by Gasteiger charge is -2.13. The number of hydrogen-bond acceptors (Lipinski definition) is 7. The Kier molecular flexibility index (Phi) is 11.2. The van der Waals surface area contributed by atoms with E-state index in [1.165, 1.54) is 24.9 Å². The summed E-state index contributed by atoms with van der Waals surface area (Å²) in [5.74, 6) is 0.289. The fourth-order valence-electron chi connectivity index (χ4n) is 3.38. The van der Waals surface area contributed by atoms with Crippen molar-refractivity contribution in [1.82, 2.24) is 5.32 Å². The molecule has 9 heteroatoms. The second-order valence-corrected chi connectivity index (χ2v) is 9.03. The van der Waals surface area contributed by atoms with Crippen LogP contribution < -0.4 is 20.1 Å². The van der Waals surface area contributed by atoms with E-state index in [1.807, 2.05) is 18.2 Å². The van der Waals surface area contributed by atoms with E-state index in [9.17, 15) is 14.4 Å². The first-order valence-electron chi connectivity index (χ1n) is 12.1. The second kappa shape index (κ2) is 15.0. The van der Waals surface area contributed by atoms with Crippen molar-refractivity contribution in [2.24, 2.45) is 0 Å². The van der Waals surface area contributed by atoms with Crippen molar-refractivity contribution in [1.29, 1.82) is 0 Å². The summed E-state index contributed by atoms with van der Waals surface area (Å²) < 4.78 is 15.6. The Bertz CT molecular complexity index is 1350. The summed E-state index contributed by atoms with van der Waals surface area (Å²) in [4.78, 5) is 38.6. The zero-order chi connectivity index (χ0) is 28.0. The van der Waals surface area contributed by atoms with Gasteiger partial charge in [0.25, 0.3) is 11.8 Å². The highest BCUT2D eigenvalue weighted by molar-refractivity contribution is 7.99. The number of anilines is 1. The van der Waals surface area contributed by atoms with Crippen LogP contribution in [0.4, 0.5) is 5.69 Å². The van der Waals surface area contributed by atoms with Crippen LogP contribution in [0.15, 0.2) is 95.5 Å². The first-order valence-corrected chi connectivity index (χ1v) is 13.1. The molecule has 39 heavy (non-hydrogen) atoms. The molecule has 3 aromatic carbocycles. The summed E-state index contributed by atoms with van der Waals surface area (Å²) in [7, 11) is 3.06. The van der Waals surface area contributed by atoms with Crippen molar-refractivity contribution in [3.63, 3.8) is 0 Å². The van der Waals surface area contributed by atoms with Gasteiger partial charge in [-0.1, -0.05) is 30.3 Å². The van der Waals surface area contributed by atoms with E-state index in [2.05, 4.69) is 10.6 Å². The summed E-state index contributed by atoms with van der Waals surface area (Å²) in [5, 5.41) is 5.58. The van der Waals surface area contributed by atoms with E-state index in [-0.39, 0.29) is 11.7 Å². The van der Waals surface area contributed by atoms with Crippen molar-refractivity contribution in [3.05, 3.63) is 102 Å². The first-order chi connectivity index (χ1) is 18.9. The Morgan fingerprint density at radius 2 is 1.72 bits per heavy atom. The van der Waals surface area contributed by atoms with Gasteiger partial charge in [0.15, 0.2) is 0 Å². The first kappa shape index (κ1) is 29.1. The average molecular weight is 547 g/mol. The third kappa shape index (κ3) is 9.08. The molecule has 0 saturated carbocycles. The Morgan fingerprint density at radius 3 is 2.44 bits per heavy atom. The van der Waals surface area contributed by atoms with Crippen LogP contribution in [0.5, 0.6) is 11.5 Å². The van der Waals surface area contributed by atoms with Gasteiger partial charge in [0.05, 0.1) is 20.8 Å². The number of esters is 1. The van der Waals surface area contributed by atoms with Crippen LogP contribution in [0, 0.1) is 0 Å². The Labute approximate surface area is 232 Å². The van der Waals surface area contributed by atoms with Gasteiger partial charge in [0.1, 0.15) is 17.2 Å². The standard InChI is InChI=1S/C30H30N2O6S/c1-4-38-28(33)14-9-17-39-25-13-8-12-23(19-25)31-30(35)26(32-29(34)21-10-6-5-7-11-21)18-22-15-16-24(36-2)20-27(22)37-3/h5-16,18-20H,4,17H2,1-3H3,(H,31,35)(H,32,34)/b14-9+,26-18+. The molecule has 0 bridgehead atoms. The molecule has 202 valence electrons. The molecule has 0 aliphatic carbocycles. The molecule has 3 aromatic rings. The summed E-state index contributed by atoms with van der Waals surface area (Å²) in [6.07, 6.45) is 4.66. The molecular weight excluding hydrogens is 516 g/mol. The number of rotatable bonds is 12. The zero-order valence-corrected chi connectivity index (χ0v) is 22.7. The molecule has 0 atom stereocenters. The number of thioether (sulfide) groups is 1. The molecule has 0 aromatic heterocycles. The molecule has 0 fully saturated rings. The van der Waals surface area contributed by atoms with Crippen molar-refractivity contribution < 1.29 is 28.6 Å². The van der Waals surface area contributed by atoms with Gasteiger partial charge in [0, 0.05) is 39.6 Å². The maximum absolute atomic E-state index is 13.4. The third-order valence-electron chi connectivity index (χ3n) is 5.25. The van der Waals surface area contributed by atoms with Gasteiger partial charge < -0.3 is 24.8 Å². The van der Waals surface area contributed by atoms with Gasteiger partial charge in [-0.05, 0) is 55.5 Å². The van der Waals surface area contributed by atoms with E-state index in [0.717, 1.165) is 4.90 Å². The van der Waals surface area contributed by atoms with Gasteiger partial charge in [-0.15, -0.1) is 11.8 Å². The minimum atomic E-state index is -0.512. The Balaban J connectivity index is 1.82. The van der Waals surface area contributed by atoms with Gasteiger partial charge in [-0.2, -0.15) is 0 Å². The van der Waals surface area contributed by atoms with Crippen molar-refractivity contribution in [2.75, 3.05) is 31.9 Å². The van der Waals surface area contributed by atoms with Crippen molar-refractivity contribution in [3.8, 4) is 11.5 Å². The van der Waals surface area contributed by atoms with Crippen LogP contribution in [0.2, 0.25) is 0 Å². The van der Waals surface area contributed by atoms with E-state index in [1.54, 1.807) is 80.8 Å². The second-order valence-electron chi connectivity index (χ2n) is 7.93. The largest absolute Gasteiger partial charge is 0.497 e. The van der Waals surface area contributed by atoms with E-state index in [4.69, 9.17) is 14.2 Å². The fraction of sp³-hybridized carbons (Fsp3) is 0.167. The lowest BCUT2D eigenvalue weighted by atomic mass is 10.1. The number of methoxy groups -OCH3 is 2. The summed E-state index contributed by atoms with van der Waals surface area (Å²) in [6.45, 7) is 2.08. The highest BCUT2D eigenvalue weighted by Crippen LogP contribution is 2.27. The highest BCUT2D eigenvalue weighted by atomic mass is 32.2. The summed E-state index contributed by atoms with van der Waals surface area (Å²) in [6, 6.07) is 21.1. The number of amides is 2. The van der Waals surface area contributed by atoms with Crippen LogP contribution in [0.3, 0.4) is 0 Å². The zero-order valence-electron chi connectivity index (χ0n) is 21.9. The van der Waals surface area contributed by atoms with Crippen LogP contribution in [0.1, 0.15) is 22.8 Å². The minimum absolute atomic E-state index is 0.0303. The van der Waals surface area contributed by atoms with E-state index in [0.29, 0.717) is 40.7 Å². The third-order valence-corrected chi connectivity index (χ3v) is 6.19. The van der Waals surface area contributed by atoms with Gasteiger partial charge in [-0.25, -0.2) is 4.79 Å². The van der Waals surface area contributed by atoms with E-state index < -0.39 is 11.8 Å². The predicted molar refractivity (Wildman–Crippen MR) is 153 cm³/mol. The number of nitrogens with one attached hydrogen (secondary N) is 2. The molecule has 0 unspecified atom stereocenters. The number of benzene rings is 3. The topological polar surface area (TPSA) is 103 Å². The Morgan fingerprint density at radius 1 is 0.923 bits per heavy atom. The SMILES string of the molecule is CCOC(=O)/C=C/CSc1cccc(NC(=O)/C(=C\c2ccc(OC)cc2OC)NC(=O)c2ccccc2)c1. The molecule has 3 rings (SSSR count). The predicted octanol–water partition coefficient (Wildman–Crippen LogP) is 5.32. The van der Waals surface area contributed by atoms with Crippen LogP contribution in [-0.4, -0.2) is 44.4 Å². The molecule has 8 nitrogen and oxygen atoms in total. The fourth-order valence-corrected chi connectivity index (χ4v) is 4.15. The quantitative estimate of drug-likeness (QED) is 0.180.